The summed E-state index contributed by atoms with van der Waals surface area (Å²) in [5.74, 6) is -0.623. The lowest BCUT2D eigenvalue weighted by Crippen LogP contribution is -3.00. The van der Waals surface area contributed by atoms with E-state index in [0.29, 0.717) is 6.61 Å². The van der Waals surface area contributed by atoms with Crippen LogP contribution in [-0.2, 0) is 9.53 Å². The van der Waals surface area contributed by atoms with Crippen LogP contribution in [0.25, 0.3) is 0 Å². The minimum absolute atomic E-state index is 0. The number of likely N-dealkylation sites (N-methyl/N-ethyl adjacent to an activating group) is 1. The van der Waals surface area contributed by atoms with Crippen molar-refractivity contribution in [2.75, 3.05) is 46.9 Å². The zero-order valence-corrected chi connectivity index (χ0v) is 21.0. The Morgan fingerprint density at radius 3 is 1.67 bits per heavy atom. The van der Waals surface area contributed by atoms with Gasteiger partial charge in [0.05, 0.1) is 33.2 Å². The van der Waals surface area contributed by atoms with E-state index in [-0.39, 0.29) is 29.0 Å². The third-order valence-electron chi connectivity index (χ3n) is 6.50. The molecule has 0 saturated carbocycles. The molecular weight excluding hydrogens is 476 g/mol. The maximum Gasteiger partial charge on any atom is 0.317 e. The Kier molecular flexibility index (Phi) is 8.84. The van der Waals surface area contributed by atoms with E-state index in [1.807, 2.05) is 66.7 Å². The molecule has 0 spiro atoms. The molecule has 0 aromatic heterocycles. The lowest BCUT2D eigenvalue weighted by Gasteiger charge is -2.42. The molecule has 1 fully saturated rings. The highest BCUT2D eigenvalue weighted by molar-refractivity contribution is 5.82. The van der Waals surface area contributed by atoms with Crippen molar-refractivity contribution in [3.63, 3.8) is 0 Å². The molecule has 5 heteroatoms. The van der Waals surface area contributed by atoms with Crippen molar-refractivity contribution in [1.29, 1.82) is 0 Å². The minimum Gasteiger partial charge on any atom is -1.00 e. The van der Waals surface area contributed by atoms with Crippen LogP contribution < -0.4 is 17.0 Å². The highest BCUT2D eigenvalue weighted by Crippen LogP contribution is 2.28. The molecule has 4 rings (SSSR count). The number of carbonyl (C=O) groups is 1. The molecule has 33 heavy (non-hydrogen) atoms. The Hall–Kier alpha value is -2.47. The fourth-order valence-corrected chi connectivity index (χ4v) is 4.42. The summed E-state index contributed by atoms with van der Waals surface area (Å²) in [5, 5.41) is 0. The molecule has 4 nitrogen and oxygen atoms in total. The maximum absolute atomic E-state index is 13.4. The molecule has 1 aliphatic rings. The van der Waals surface area contributed by atoms with Crippen LogP contribution >= 0.6 is 0 Å². The first kappa shape index (κ1) is 25.2. The number of carbonyl (C=O) groups excluding carboxylic acids is 1. The van der Waals surface area contributed by atoms with Crippen LogP contribution in [0.1, 0.15) is 28.7 Å². The number of hydrogen-bond acceptors (Lipinski definition) is 3. The average molecular weight is 509 g/mol. The topological polar surface area (TPSA) is 29.5 Å². The first-order chi connectivity index (χ1) is 15.5. The van der Waals surface area contributed by atoms with Crippen LogP contribution in [0.3, 0.4) is 0 Å². The Labute approximate surface area is 208 Å². The first-order valence-corrected chi connectivity index (χ1v) is 11.4. The van der Waals surface area contributed by atoms with Crippen molar-refractivity contribution in [3.05, 3.63) is 108 Å². The third-order valence-corrected chi connectivity index (χ3v) is 6.50. The van der Waals surface area contributed by atoms with E-state index >= 15 is 0 Å². The Morgan fingerprint density at radius 2 is 1.21 bits per heavy atom. The normalized spacial score (nSPS) is 16.6. The van der Waals surface area contributed by atoms with Gasteiger partial charge in [0.2, 0.25) is 0 Å². The number of hydrogen-bond donors (Lipinski definition) is 0. The summed E-state index contributed by atoms with van der Waals surface area (Å²) in [6.45, 7) is 4.52. The second-order valence-electron chi connectivity index (χ2n) is 9.23. The zero-order chi connectivity index (χ0) is 22.4. The maximum atomic E-state index is 13.4. The highest BCUT2D eigenvalue weighted by atomic mass is 79.9. The molecule has 1 aliphatic heterocycles. The lowest BCUT2D eigenvalue weighted by molar-refractivity contribution is -0.894. The second kappa shape index (κ2) is 11.6. The van der Waals surface area contributed by atoms with E-state index < -0.39 is 5.92 Å². The third kappa shape index (κ3) is 6.53. The van der Waals surface area contributed by atoms with Gasteiger partial charge in [-0.2, -0.15) is 0 Å². The molecule has 3 aromatic rings. The van der Waals surface area contributed by atoms with Crippen molar-refractivity contribution in [2.24, 2.45) is 0 Å². The number of halogens is 1. The summed E-state index contributed by atoms with van der Waals surface area (Å²) in [5.41, 5.74) is 3.11. The van der Waals surface area contributed by atoms with E-state index in [1.165, 1.54) is 5.56 Å². The molecule has 0 N–H and O–H groups in total. The van der Waals surface area contributed by atoms with Gasteiger partial charge in [-0.25, -0.2) is 0 Å². The Morgan fingerprint density at radius 1 is 0.788 bits per heavy atom. The van der Waals surface area contributed by atoms with Crippen LogP contribution in [0.15, 0.2) is 91.0 Å². The second-order valence-corrected chi connectivity index (χ2v) is 9.23. The molecule has 0 aliphatic carbocycles. The molecule has 1 heterocycles. The summed E-state index contributed by atoms with van der Waals surface area (Å²) in [6.07, 6.45) is 0. The van der Waals surface area contributed by atoms with Crippen LogP contribution in [-0.4, -0.2) is 62.2 Å². The SMILES string of the molecule is C[N+]1(C)CCN(C(COC(=O)C(c2ccccc2)c2ccccc2)c2ccccc2)CC1.[Br-]. The van der Waals surface area contributed by atoms with Gasteiger partial charge >= 0.3 is 5.97 Å². The monoisotopic (exact) mass is 508 g/mol. The van der Waals surface area contributed by atoms with E-state index in [9.17, 15) is 4.79 Å². The smallest absolute Gasteiger partial charge is 0.317 e. The van der Waals surface area contributed by atoms with Gasteiger partial charge in [-0.3, -0.25) is 9.69 Å². The fraction of sp³-hybridized carbons (Fsp3) is 0.321. The summed E-state index contributed by atoms with van der Waals surface area (Å²) < 4.78 is 7.08. The summed E-state index contributed by atoms with van der Waals surface area (Å²) in [7, 11) is 4.55. The fourth-order valence-electron chi connectivity index (χ4n) is 4.42. The standard InChI is InChI=1S/C28H33N2O2.BrH/c1-30(2)20-18-29(19-21-30)26(23-12-6-3-7-13-23)22-32-28(31)27(24-14-8-4-9-15-24)25-16-10-5-11-17-25;/h3-17,26-27H,18-22H2,1-2H3;1H/q+1;/p-1. The van der Waals surface area contributed by atoms with Gasteiger partial charge in [0, 0.05) is 13.1 Å². The summed E-state index contributed by atoms with van der Waals surface area (Å²) >= 11 is 0. The largest absolute Gasteiger partial charge is 1.00 e. The molecule has 1 atom stereocenters. The van der Waals surface area contributed by atoms with Gasteiger partial charge in [-0.1, -0.05) is 91.0 Å². The molecule has 0 radical (unpaired) electrons. The van der Waals surface area contributed by atoms with E-state index in [0.717, 1.165) is 41.8 Å². The zero-order valence-electron chi connectivity index (χ0n) is 19.4. The predicted octanol–water partition coefficient (Wildman–Crippen LogP) is 1.50. The van der Waals surface area contributed by atoms with Gasteiger partial charge in [0.15, 0.2) is 0 Å². The van der Waals surface area contributed by atoms with Crippen molar-refractivity contribution in [2.45, 2.75) is 12.0 Å². The summed E-state index contributed by atoms with van der Waals surface area (Å²) in [4.78, 5) is 15.9. The molecule has 3 aromatic carbocycles. The quantitative estimate of drug-likeness (QED) is 0.357. The number of nitrogens with zero attached hydrogens (tertiary/aromatic N) is 2. The average Bonchev–Trinajstić information content (AvgIpc) is 2.82. The minimum atomic E-state index is -0.425. The van der Waals surface area contributed by atoms with Gasteiger partial charge in [0.25, 0.3) is 0 Å². The molecule has 0 amide bonds. The molecule has 1 saturated heterocycles. The number of esters is 1. The Bertz CT molecular complexity index is 947. The van der Waals surface area contributed by atoms with Crippen LogP contribution in [0.5, 0.6) is 0 Å². The molecular formula is C28H33BrN2O2. The van der Waals surface area contributed by atoms with Gasteiger partial charge in [-0.15, -0.1) is 0 Å². The van der Waals surface area contributed by atoms with Crippen LogP contribution in [0.2, 0.25) is 0 Å². The Balaban J connectivity index is 0.00000306. The number of ether oxygens (including phenoxy) is 1. The molecule has 1 unspecified atom stereocenters. The number of benzene rings is 3. The van der Waals surface area contributed by atoms with Crippen molar-refractivity contribution >= 4 is 5.97 Å². The predicted molar refractivity (Wildman–Crippen MR) is 128 cm³/mol. The van der Waals surface area contributed by atoms with E-state index in [1.54, 1.807) is 0 Å². The van der Waals surface area contributed by atoms with Crippen molar-refractivity contribution < 1.29 is 31.0 Å². The lowest BCUT2D eigenvalue weighted by atomic mass is 9.91. The molecule has 174 valence electrons. The number of piperazine rings is 1. The first-order valence-electron chi connectivity index (χ1n) is 11.4. The van der Waals surface area contributed by atoms with Gasteiger partial charge in [0.1, 0.15) is 12.5 Å². The molecule has 0 bridgehead atoms. The number of quaternary nitrogens is 1. The summed E-state index contributed by atoms with van der Waals surface area (Å²) in [6, 6.07) is 30.3. The number of rotatable bonds is 7. The van der Waals surface area contributed by atoms with Crippen molar-refractivity contribution in [1.82, 2.24) is 4.90 Å². The van der Waals surface area contributed by atoms with Gasteiger partial charge in [-0.05, 0) is 16.7 Å². The highest BCUT2D eigenvalue weighted by Gasteiger charge is 2.32. The van der Waals surface area contributed by atoms with E-state index in [2.05, 4.69) is 43.3 Å². The van der Waals surface area contributed by atoms with Crippen LogP contribution in [0, 0.1) is 0 Å². The van der Waals surface area contributed by atoms with Crippen molar-refractivity contribution in [3.8, 4) is 0 Å². The van der Waals surface area contributed by atoms with E-state index in [4.69, 9.17) is 4.74 Å². The van der Waals surface area contributed by atoms with Crippen LogP contribution in [0.4, 0.5) is 0 Å². The van der Waals surface area contributed by atoms with Gasteiger partial charge < -0.3 is 26.2 Å².